The number of hydrogen-bond acceptors (Lipinski definition) is 3. The molecule has 0 aliphatic carbocycles. The van der Waals surface area contributed by atoms with Crippen LogP contribution < -0.4 is 10.1 Å². The van der Waals surface area contributed by atoms with Gasteiger partial charge in [0.05, 0.1) is 19.0 Å². The zero-order valence-corrected chi connectivity index (χ0v) is 14.7. The molecule has 0 spiro atoms. The lowest BCUT2D eigenvalue weighted by atomic mass is 10.1. The Hall–Kier alpha value is -2.66. The monoisotopic (exact) mass is 339 g/mol. The summed E-state index contributed by atoms with van der Waals surface area (Å²) in [6.45, 7) is 4.78. The Bertz CT molecular complexity index is 845. The van der Waals surface area contributed by atoms with E-state index in [-0.39, 0.29) is 17.6 Å². The zero-order chi connectivity index (χ0) is 17.8. The van der Waals surface area contributed by atoms with Gasteiger partial charge in [-0.1, -0.05) is 24.3 Å². The van der Waals surface area contributed by atoms with Gasteiger partial charge in [-0.15, -0.1) is 0 Å². The molecule has 0 bridgehead atoms. The number of hydrogen-bond donors (Lipinski definition) is 1. The largest absolute Gasteiger partial charge is 0.494 e. The number of rotatable bonds is 6. The topological polar surface area (TPSA) is 39.1 Å². The number of methoxy groups -OCH3 is 1. The van der Waals surface area contributed by atoms with E-state index >= 15 is 0 Å². The summed E-state index contributed by atoms with van der Waals surface area (Å²) in [6.07, 6.45) is 1.89. The molecule has 1 aromatic heterocycles. The molecule has 25 heavy (non-hydrogen) atoms. The van der Waals surface area contributed by atoms with Crippen molar-refractivity contribution in [3.63, 3.8) is 0 Å². The summed E-state index contributed by atoms with van der Waals surface area (Å²) in [6, 6.07) is 15.1. The Kier molecular flexibility index (Phi) is 5.14. The number of nitrogens with one attached hydrogen (secondary N) is 1. The fraction of sp³-hybridized carbons (Fsp3) is 0.250. The van der Waals surface area contributed by atoms with Crippen molar-refractivity contribution in [3.05, 3.63) is 77.4 Å². The van der Waals surface area contributed by atoms with Gasteiger partial charge in [0.1, 0.15) is 0 Å². The van der Waals surface area contributed by atoms with Crippen molar-refractivity contribution in [1.29, 1.82) is 0 Å². The molecular weight excluding hydrogens is 317 g/mol. The van der Waals surface area contributed by atoms with Crippen LogP contribution in [0.15, 0.2) is 54.7 Å². The molecule has 0 amide bonds. The molecule has 1 N–H and O–H groups in total. The lowest BCUT2D eigenvalue weighted by molar-refractivity contribution is 0.385. The highest BCUT2D eigenvalue weighted by Gasteiger charge is 2.14. The average molecular weight is 339 g/mol. The summed E-state index contributed by atoms with van der Waals surface area (Å²) < 4.78 is 20.5. The van der Waals surface area contributed by atoms with Gasteiger partial charge in [0, 0.05) is 23.8 Å². The second kappa shape index (κ2) is 7.49. The smallest absolute Gasteiger partial charge is 0.165 e. The van der Waals surface area contributed by atoms with Crippen LogP contribution in [0.2, 0.25) is 0 Å². The quantitative estimate of drug-likeness (QED) is 0.732. The van der Waals surface area contributed by atoms with E-state index in [4.69, 9.17) is 4.74 Å². The van der Waals surface area contributed by atoms with Crippen LogP contribution in [-0.2, 0) is 6.54 Å². The van der Waals surface area contributed by atoms with Crippen molar-refractivity contribution in [2.75, 3.05) is 7.11 Å². The number of para-hydroxylation sites is 1. The molecule has 0 saturated carbocycles. The van der Waals surface area contributed by atoms with E-state index in [1.807, 2.05) is 41.2 Å². The minimum absolute atomic E-state index is 0.119. The first-order valence-corrected chi connectivity index (χ1v) is 8.26. The van der Waals surface area contributed by atoms with Gasteiger partial charge in [0.25, 0.3) is 0 Å². The van der Waals surface area contributed by atoms with E-state index in [0.29, 0.717) is 6.54 Å². The van der Waals surface area contributed by atoms with Gasteiger partial charge in [-0.2, -0.15) is 5.10 Å². The highest BCUT2D eigenvalue weighted by Crippen LogP contribution is 2.22. The number of benzene rings is 2. The first-order valence-electron chi connectivity index (χ1n) is 8.26. The molecule has 4 nitrogen and oxygen atoms in total. The van der Waals surface area contributed by atoms with E-state index in [1.165, 1.54) is 13.2 Å². The third kappa shape index (κ3) is 3.72. The molecule has 0 fully saturated rings. The number of ether oxygens (including phenoxy) is 1. The number of aromatic nitrogens is 2. The van der Waals surface area contributed by atoms with Crippen LogP contribution in [0, 0.1) is 12.7 Å². The van der Waals surface area contributed by atoms with Gasteiger partial charge < -0.3 is 10.1 Å². The molecule has 1 heterocycles. The predicted molar refractivity (Wildman–Crippen MR) is 96.5 cm³/mol. The third-order valence-corrected chi connectivity index (χ3v) is 4.34. The van der Waals surface area contributed by atoms with Crippen LogP contribution in [0.1, 0.15) is 29.8 Å². The molecule has 0 aliphatic heterocycles. The van der Waals surface area contributed by atoms with Gasteiger partial charge in [0.15, 0.2) is 11.6 Å². The molecule has 0 saturated heterocycles. The first kappa shape index (κ1) is 17.2. The number of halogens is 1. The van der Waals surface area contributed by atoms with E-state index in [9.17, 15) is 4.39 Å². The molecular formula is C20H22FN3O. The molecule has 3 aromatic rings. The molecule has 0 radical (unpaired) electrons. The Balaban J connectivity index is 1.72. The van der Waals surface area contributed by atoms with E-state index in [1.54, 1.807) is 12.1 Å². The van der Waals surface area contributed by atoms with Gasteiger partial charge in [-0.3, -0.25) is 0 Å². The third-order valence-electron chi connectivity index (χ3n) is 4.34. The van der Waals surface area contributed by atoms with Crippen molar-refractivity contribution >= 4 is 0 Å². The summed E-state index contributed by atoms with van der Waals surface area (Å²) in [5, 5.41) is 7.97. The van der Waals surface area contributed by atoms with E-state index in [0.717, 1.165) is 22.5 Å². The minimum atomic E-state index is -0.348. The second-order valence-corrected chi connectivity index (χ2v) is 6.00. The summed E-state index contributed by atoms with van der Waals surface area (Å²) >= 11 is 0. The SMILES string of the molecule is COc1cc(CN[C@@H](C)c2cnn(-c3ccccc3)c2C)ccc1F. The molecule has 3 rings (SSSR count). The maximum Gasteiger partial charge on any atom is 0.165 e. The normalized spacial score (nSPS) is 12.2. The lowest BCUT2D eigenvalue weighted by Crippen LogP contribution is -2.18. The maximum absolute atomic E-state index is 13.5. The number of nitrogens with zero attached hydrogens (tertiary/aromatic N) is 2. The predicted octanol–water partition coefficient (Wildman–Crippen LogP) is 4.18. The van der Waals surface area contributed by atoms with Crippen LogP contribution in [0.25, 0.3) is 5.69 Å². The molecule has 5 heteroatoms. The molecule has 1 atom stereocenters. The van der Waals surface area contributed by atoms with Crippen LogP contribution in [-0.4, -0.2) is 16.9 Å². The zero-order valence-electron chi connectivity index (χ0n) is 14.7. The molecule has 0 unspecified atom stereocenters. The Morgan fingerprint density at radius 2 is 1.96 bits per heavy atom. The van der Waals surface area contributed by atoms with Crippen LogP contribution >= 0.6 is 0 Å². The fourth-order valence-electron chi connectivity index (χ4n) is 2.87. The fourth-order valence-corrected chi connectivity index (χ4v) is 2.87. The van der Waals surface area contributed by atoms with Gasteiger partial charge in [-0.05, 0) is 43.7 Å². The average Bonchev–Trinajstić information content (AvgIpc) is 3.03. The summed E-state index contributed by atoms with van der Waals surface area (Å²) in [5.74, 6) is -0.0840. The Morgan fingerprint density at radius 1 is 1.20 bits per heavy atom. The minimum Gasteiger partial charge on any atom is -0.494 e. The van der Waals surface area contributed by atoms with Gasteiger partial charge in [0.2, 0.25) is 0 Å². The van der Waals surface area contributed by atoms with Crippen LogP contribution in [0.5, 0.6) is 5.75 Å². The second-order valence-electron chi connectivity index (χ2n) is 6.00. The highest BCUT2D eigenvalue weighted by atomic mass is 19.1. The van der Waals surface area contributed by atoms with Crippen molar-refractivity contribution in [2.24, 2.45) is 0 Å². The Labute approximate surface area is 147 Å². The molecule has 130 valence electrons. The van der Waals surface area contributed by atoms with Gasteiger partial charge in [-0.25, -0.2) is 9.07 Å². The van der Waals surface area contributed by atoms with Gasteiger partial charge >= 0.3 is 0 Å². The van der Waals surface area contributed by atoms with Crippen molar-refractivity contribution in [2.45, 2.75) is 26.4 Å². The van der Waals surface area contributed by atoms with Crippen LogP contribution in [0.3, 0.4) is 0 Å². The standard InChI is InChI=1S/C20H22FN3O/c1-14(22-12-16-9-10-19(21)20(11-16)25-3)18-13-23-24(15(18)2)17-7-5-4-6-8-17/h4-11,13-14,22H,12H2,1-3H3/t14-/m0/s1. The Morgan fingerprint density at radius 3 is 2.68 bits per heavy atom. The lowest BCUT2D eigenvalue weighted by Gasteiger charge is -2.15. The maximum atomic E-state index is 13.5. The van der Waals surface area contributed by atoms with Crippen molar-refractivity contribution in [3.8, 4) is 11.4 Å². The molecule has 0 aliphatic rings. The first-order chi connectivity index (χ1) is 12.1. The van der Waals surface area contributed by atoms with Crippen LogP contribution in [0.4, 0.5) is 4.39 Å². The summed E-state index contributed by atoms with van der Waals surface area (Å²) in [7, 11) is 1.47. The molecule has 2 aromatic carbocycles. The summed E-state index contributed by atoms with van der Waals surface area (Å²) in [5.41, 5.74) is 4.25. The van der Waals surface area contributed by atoms with Crippen molar-refractivity contribution in [1.82, 2.24) is 15.1 Å². The summed E-state index contributed by atoms with van der Waals surface area (Å²) in [4.78, 5) is 0. The van der Waals surface area contributed by atoms with Crippen molar-refractivity contribution < 1.29 is 9.13 Å². The van der Waals surface area contributed by atoms with E-state index < -0.39 is 0 Å². The van der Waals surface area contributed by atoms with E-state index in [2.05, 4.69) is 24.3 Å². The highest BCUT2D eigenvalue weighted by molar-refractivity contribution is 5.35.